The van der Waals surface area contributed by atoms with Crippen LogP contribution in [0.5, 0.6) is 11.5 Å². The summed E-state index contributed by atoms with van der Waals surface area (Å²) in [5.41, 5.74) is 2.97. The molecular formula is C40H41N3O5S. The molecule has 9 heteroatoms. The lowest BCUT2D eigenvalue weighted by Crippen LogP contribution is -2.54. The fourth-order valence-electron chi connectivity index (χ4n) is 5.50. The molecule has 0 spiro atoms. The first kappa shape index (κ1) is 34.9. The van der Waals surface area contributed by atoms with Gasteiger partial charge in [0.05, 0.1) is 10.6 Å². The number of anilines is 1. The van der Waals surface area contributed by atoms with Crippen molar-refractivity contribution in [3.05, 3.63) is 156 Å². The maximum absolute atomic E-state index is 14.6. The van der Waals surface area contributed by atoms with Crippen LogP contribution >= 0.6 is 0 Å². The highest BCUT2D eigenvalue weighted by atomic mass is 32.2. The number of rotatable bonds is 14. The van der Waals surface area contributed by atoms with Crippen LogP contribution in [-0.4, -0.2) is 43.8 Å². The second-order valence-corrected chi connectivity index (χ2v) is 14.0. The Bertz CT molecular complexity index is 1940. The van der Waals surface area contributed by atoms with Crippen LogP contribution in [0.4, 0.5) is 5.69 Å². The van der Waals surface area contributed by atoms with E-state index in [-0.39, 0.29) is 35.5 Å². The zero-order valence-electron chi connectivity index (χ0n) is 27.9. The van der Waals surface area contributed by atoms with Crippen molar-refractivity contribution in [2.24, 2.45) is 0 Å². The zero-order chi connectivity index (χ0) is 34.8. The standard InChI is InChI=1S/C40H41N3O5S/c1-30(2)41-40(45)38(27-32-15-7-4-8-16-32)42(28-33-17-13-14-31(3)26-33)39(44)29-43(49(46,47)37-20-11-6-12-21-37)34-22-24-36(25-23-34)48-35-18-9-5-10-19-35/h4-26,30,38H,27-29H2,1-3H3,(H,41,45). The Hall–Kier alpha value is -5.41. The number of nitrogens with zero attached hydrogens (tertiary/aromatic N) is 2. The molecule has 2 amide bonds. The van der Waals surface area contributed by atoms with Crippen molar-refractivity contribution in [3.8, 4) is 11.5 Å². The smallest absolute Gasteiger partial charge is 0.264 e. The molecule has 252 valence electrons. The number of carbonyl (C=O) groups excluding carboxylic acids is 2. The minimum atomic E-state index is -4.21. The van der Waals surface area contributed by atoms with Gasteiger partial charge in [0.2, 0.25) is 11.8 Å². The van der Waals surface area contributed by atoms with E-state index in [1.165, 1.54) is 17.0 Å². The second kappa shape index (κ2) is 16.1. The Morgan fingerprint density at radius 2 is 1.29 bits per heavy atom. The van der Waals surface area contributed by atoms with E-state index in [0.717, 1.165) is 21.0 Å². The van der Waals surface area contributed by atoms with Gasteiger partial charge in [-0.05, 0) is 80.4 Å². The van der Waals surface area contributed by atoms with Crippen LogP contribution in [0.2, 0.25) is 0 Å². The van der Waals surface area contributed by atoms with Gasteiger partial charge < -0.3 is 15.0 Å². The highest BCUT2D eigenvalue weighted by Gasteiger charge is 2.34. The second-order valence-electron chi connectivity index (χ2n) is 12.1. The summed E-state index contributed by atoms with van der Waals surface area (Å²) in [6, 6.07) is 39.9. The Morgan fingerprint density at radius 1 is 0.714 bits per heavy atom. The van der Waals surface area contributed by atoms with Crippen LogP contribution in [0.15, 0.2) is 144 Å². The van der Waals surface area contributed by atoms with Crippen LogP contribution in [0.3, 0.4) is 0 Å². The highest BCUT2D eigenvalue weighted by molar-refractivity contribution is 7.92. The molecule has 8 nitrogen and oxygen atoms in total. The number of benzene rings is 5. The lowest BCUT2D eigenvalue weighted by molar-refractivity contribution is -0.140. The van der Waals surface area contributed by atoms with E-state index in [1.807, 2.05) is 106 Å². The van der Waals surface area contributed by atoms with E-state index in [0.29, 0.717) is 11.5 Å². The van der Waals surface area contributed by atoms with E-state index >= 15 is 0 Å². The third-order valence-corrected chi connectivity index (χ3v) is 9.64. The fraction of sp³-hybridized carbons (Fsp3) is 0.200. The number of ether oxygens (including phenoxy) is 1. The topological polar surface area (TPSA) is 96.0 Å². The minimum Gasteiger partial charge on any atom is -0.457 e. The summed E-state index contributed by atoms with van der Waals surface area (Å²) in [5, 5.41) is 2.98. The van der Waals surface area contributed by atoms with Gasteiger partial charge in [-0.15, -0.1) is 0 Å². The number of nitrogens with one attached hydrogen (secondary N) is 1. The highest BCUT2D eigenvalue weighted by Crippen LogP contribution is 2.29. The Balaban J connectivity index is 1.55. The quantitative estimate of drug-likeness (QED) is 0.135. The van der Waals surface area contributed by atoms with Gasteiger partial charge in [-0.25, -0.2) is 8.42 Å². The molecule has 0 radical (unpaired) electrons. The molecule has 0 aliphatic carbocycles. The van der Waals surface area contributed by atoms with Crippen molar-refractivity contribution in [1.29, 1.82) is 0 Å². The van der Waals surface area contributed by atoms with Crippen LogP contribution in [0, 0.1) is 6.92 Å². The van der Waals surface area contributed by atoms with Crippen LogP contribution in [-0.2, 0) is 32.6 Å². The maximum atomic E-state index is 14.6. The summed E-state index contributed by atoms with van der Waals surface area (Å²) in [6.07, 6.45) is 0.244. The predicted octanol–water partition coefficient (Wildman–Crippen LogP) is 7.15. The van der Waals surface area contributed by atoms with Gasteiger partial charge in [-0.2, -0.15) is 0 Å². The Kier molecular flexibility index (Phi) is 11.5. The van der Waals surface area contributed by atoms with Crippen LogP contribution in [0.1, 0.15) is 30.5 Å². The number of aryl methyl sites for hydroxylation is 1. The van der Waals surface area contributed by atoms with Gasteiger partial charge in [-0.1, -0.05) is 96.6 Å². The van der Waals surface area contributed by atoms with Crippen LogP contribution < -0.4 is 14.4 Å². The molecule has 49 heavy (non-hydrogen) atoms. The third-order valence-electron chi connectivity index (χ3n) is 7.85. The van der Waals surface area contributed by atoms with Crippen molar-refractivity contribution in [1.82, 2.24) is 10.2 Å². The summed E-state index contributed by atoms with van der Waals surface area (Å²) in [4.78, 5) is 30.0. The minimum absolute atomic E-state index is 0.0380. The molecule has 5 aromatic carbocycles. The molecule has 0 saturated carbocycles. The van der Waals surface area contributed by atoms with Crippen molar-refractivity contribution in [2.75, 3.05) is 10.8 Å². The van der Waals surface area contributed by atoms with Gasteiger partial charge in [0.1, 0.15) is 24.1 Å². The fourth-order valence-corrected chi connectivity index (χ4v) is 6.93. The Labute approximate surface area is 289 Å². The monoisotopic (exact) mass is 675 g/mol. The number of hydrogen-bond acceptors (Lipinski definition) is 5. The summed E-state index contributed by atoms with van der Waals surface area (Å²) in [5.74, 6) is 0.299. The van der Waals surface area contributed by atoms with Gasteiger partial charge in [0, 0.05) is 19.0 Å². The molecule has 5 aromatic rings. The van der Waals surface area contributed by atoms with E-state index < -0.39 is 28.5 Å². The molecule has 0 bridgehead atoms. The third kappa shape index (κ3) is 9.36. The first-order chi connectivity index (χ1) is 23.6. The van der Waals surface area contributed by atoms with Crippen LogP contribution in [0.25, 0.3) is 0 Å². The molecule has 1 unspecified atom stereocenters. The van der Waals surface area contributed by atoms with E-state index in [2.05, 4.69) is 5.32 Å². The molecule has 0 saturated heterocycles. The van der Waals surface area contributed by atoms with Crippen molar-refractivity contribution < 1.29 is 22.7 Å². The summed E-state index contributed by atoms with van der Waals surface area (Å²) >= 11 is 0. The van der Waals surface area contributed by atoms with E-state index in [1.54, 1.807) is 42.5 Å². The SMILES string of the molecule is Cc1cccc(CN(C(=O)CN(c2ccc(Oc3ccccc3)cc2)S(=O)(=O)c2ccccc2)C(Cc2ccccc2)C(=O)NC(C)C)c1. The summed E-state index contributed by atoms with van der Waals surface area (Å²) in [6.45, 7) is 5.25. The normalized spacial score (nSPS) is 11.8. The summed E-state index contributed by atoms with van der Waals surface area (Å²) in [7, 11) is -4.21. The van der Waals surface area contributed by atoms with Crippen molar-refractivity contribution in [3.63, 3.8) is 0 Å². The average Bonchev–Trinajstić information content (AvgIpc) is 3.10. The van der Waals surface area contributed by atoms with Gasteiger partial charge in [-0.3, -0.25) is 13.9 Å². The molecule has 1 N–H and O–H groups in total. The molecule has 0 fully saturated rings. The average molecular weight is 676 g/mol. The van der Waals surface area contributed by atoms with E-state index in [9.17, 15) is 18.0 Å². The van der Waals surface area contributed by atoms with Crippen molar-refractivity contribution >= 4 is 27.5 Å². The number of hydrogen-bond donors (Lipinski definition) is 1. The number of amides is 2. The first-order valence-electron chi connectivity index (χ1n) is 16.2. The van der Waals surface area contributed by atoms with E-state index in [4.69, 9.17) is 4.74 Å². The molecule has 1 atom stereocenters. The molecular weight excluding hydrogens is 635 g/mol. The number of sulfonamides is 1. The first-order valence-corrected chi connectivity index (χ1v) is 17.6. The number of para-hydroxylation sites is 1. The molecule has 0 heterocycles. The zero-order valence-corrected chi connectivity index (χ0v) is 28.7. The Morgan fingerprint density at radius 3 is 1.90 bits per heavy atom. The largest absolute Gasteiger partial charge is 0.457 e. The molecule has 0 aliphatic heterocycles. The van der Waals surface area contributed by atoms with Gasteiger partial charge >= 0.3 is 0 Å². The lowest BCUT2D eigenvalue weighted by Gasteiger charge is -2.34. The molecule has 0 aliphatic rings. The lowest BCUT2D eigenvalue weighted by atomic mass is 10.0. The van der Waals surface area contributed by atoms with Gasteiger partial charge in [0.25, 0.3) is 10.0 Å². The summed E-state index contributed by atoms with van der Waals surface area (Å²) < 4.78 is 35.5. The number of carbonyl (C=O) groups is 2. The molecule has 0 aromatic heterocycles. The van der Waals surface area contributed by atoms with Crippen molar-refractivity contribution in [2.45, 2.75) is 50.7 Å². The maximum Gasteiger partial charge on any atom is 0.264 e. The predicted molar refractivity (Wildman–Crippen MR) is 193 cm³/mol. The molecule has 5 rings (SSSR count). The van der Waals surface area contributed by atoms with Gasteiger partial charge in [0.15, 0.2) is 0 Å².